The molecule has 2 aliphatic heterocycles. The van der Waals surface area contributed by atoms with Crippen LogP contribution < -0.4 is 14.9 Å². The number of carbonyl (C=O) groups excluding carboxylic acids is 1. The molecule has 3 heterocycles. The van der Waals surface area contributed by atoms with Gasteiger partial charge in [0.2, 0.25) is 5.91 Å². The molecule has 0 bridgehead atoms. The minimum absolute atomic E-state index is 0.124. The van der Waals surface area contributed by atoms with Crippen LogP contribution in [0.5, 0.6) is 0 Å². The number of benzene rings is 1. The molecule has 9 nitrogen and oxygen atoms in total. The van der Waals surface area contributed by atoms with E-state index in [0.29, 0.717) is 25.3 Å². The van der Waals surface area contributed by atoms with E-state index in [1.54, 1.807) is 24.4 Å². The van der Waals surface area contributed by atoms with Crippen molar-refractivity contribution in [3.8, 4) is 0 Å². The lowest BCUT2D eigenvalue weighted by molar-refractivity contribution is -0.123. The van der Waals surface area contributed by atoms with Gasteiger partial charge in [0.25, 0.3) is 10.0 Å². The summed E-state index contributed by atoms with van der Waals surface area (Å²) < 4.78 is 32.5. The van der Waals surface area contributed by atoms with E-state index in [1.807, 2.05) is 26.0 Å². The summed E-state index contributed by atoms with van der Waals surface area (Å²) in [6, 6.07) is 9.76. The zero-order valence-corrected chi connectivity index (χ0v) is 18.9. The highest BCUT2D eigenvalue weighted by molar-refractivity contribution is 7.90. The topological polar surface area (TPSA) is 113 Å². The molecule has 2 aromatic rings. The molecule has 2 aliphatic rings. The van der Waals surface area contributed by atoms with Gasteiger partial charge in [-0.05, 0) is 29.7 Å². The van der Waals surface area contributed by atoms with Crippen molar-refractivity contribution in [2.75, 3.05) is 31.2 Å². The Hall–Kier alpha value is -2.98. The number of amidine groups is 1. The summed E-state index contributed by atoms with van der Waals surface area (Å²) in [5, 5.41) is 2.90. The number of sulfonamides is 1. The van der Waals surface area contributed by atoms with Gasteiger partial charge in [-0.25, -0.2) is 13.4 Å². The Morgan fingerprint density at radius 1 is 1.22 bits per heavy atom. The summed E-state index contributed by atoms with van der Waals surface area (Å²) in [7, 11) is -3.65. The maximum absolute atomic E-state index is 12.9. The van der Waals surface area contributed by atoms with E-state index in [0.717, 1.165) is 24.5 Å². The van der Waals surface area contributed by atoms with E-state index in [4.69, 9.17) is 4.74 Å². The third-order valence-corrected chi connectivity index (χ3v) is 6.84. The number of anilines is 1. The quantitative estimate of drug-likeness (QED) is 0.676. The number of amides is 1. The van der Waals surface area contributed by atoms with Crippen LogP contribution in [0.1, 0.15) is 25.0 Å². The largest absolute Gasteiger partial charge is 0.378 e. The highest BCUT2D eigenvalue weighted by atomic mass is 32.2. The molecule has 1 aromatic carbocycles. The van der Waals surface area contributed by atoms with Gasteiger partial charge < -0.3 is 15.0 Å². The zero-order chi connectivity index (χ0) is 22.7. The average Bonchev–Trinajstić information content (AvgIpc) is 3.06. The Balaban J connectivity index is 1.44. The van der Waals surface area contributed by atoms with Gasteiger partial charge >= 0.3 is 0 Å². The van der Waals surface area contributed by atoms with Crippen LogP contribution >= 0.6 is 0 Å². The van der Waals surface area contributed by atoms with Gasteiger partial charge in [0.15, 0.2) is 0 Å². The molecular weight excluding hydrogens is 430 g/mol. The molecule has 1 saturated heterocycles. The van der Waals surface area contributed by atoms with E-state index in [1.165, 1.54) is 6.07 Å². The number of nitrogens with one attached hydrogen (secondary N) is 2. The highest BCUT2D eigenvalue weighted by Crippen LogP contribution is 2.23. The number of carbonyl (C=O) groups is 1. The molecule has 170 valence electrons. The molecule has 0 aliphatic carbocycles. The fraction of sp³-hybridized carbons (Fsp3) is 0.409. The molecule has 1 aromatic heterocycles. The van der Waals surface area contributed by atoms with Crippen LogP contribution in [-0.2, 0) is 26.1 Å². The van der Waals surface area contributed by atoms with E-state index >= 15 is 0 Å². The van der Waals surface area contributed by atoms with Crippen LogP contribution in [0.3, 0.4) is 0 Å². The molecular formula is C22H27N5O4S. The summed E-state index contributed by atoms with van der Waals surface area (Å²) in [5.74, 6) is 0.697. The number of rotatable bonds is 6. The van der Waals surface area contributed by atoms with Crippen LogP contribution in [0.15, 0.2) is 52.5 Å². The Morgan fingerprint density at radius 2 is 1.97 bits per heavy atom. The van der Waals surface area contributed by atoms with Gasteiger partial charge in [-0.1, -0.05) is 32.0 Å². The number of fused-ring (bicyclic) bond motifs is 1. The molecule has 0 saturated carbocycles. The fourth-order valence-electron chi connectivity index (χ4n) is 3.67. The number of aromatic nitrogens is 1. The molecule has 1 atom stereocenters. The summed E-state index contributed by atoms with van der Waals surface area (Å²) in [4.78, 5) is 24.2. The monoisotopic (exact) mass is 457 g/mol. The maximum atomic E-state index is 12.9. The van der Waals surface area contributed by atoms with E-state index < -0.39 is 16.1 Å². The minimum Gasteiger partial charge on any atom is -0.378 e. The lowest BCUT2D eigenvalue weighted by atomic mass is 10.0. The van der Waals surface area contributed by atoms with Crippen LogP contribution in [0, 0.1) is 5.92 Å². The van der Waals surface area contributed by atoms with Gasteiger partial charge in [0.1, 0.15) is 17.7 Å². The maximum Gasteiger partial charge on any atom is 0.263 e. The van der Waals surface area contributed by atoms with Crippen molar-refractivity contribution >= 4 is 27.6 Å². The first-order chi connectivity index (χ1) is 15.3. The van der Waals surface area contributed by atoms with Crippen molar-refractivity contribution in [2.45, 2.75) is 31.3 Å². The molecule has 4 rings (SSSR count). The summed E-state index contributed by atoms with van der Waals surface area (Å²) >= 11 is 0. The number of morpholine rings is 1. The number of pyridine rings is 1. The summed E-state index contributed by atoms with van der Waals surface area (Å²) in [5.41, 5.74) is 1.35. The number of ether oxygens (including phenoxy) is 1. The Kier molecular flexibility index (Phi) is 6.43. The second kappa shape index (κ2) is 9.25. The molecule has 2 N–H and O–H groups in total. The first kappa shape index (κ1) is 22.2. The molecule has 1 unspecified atom stereocenters. The summed E-state index contributed by atoms with van der Waals surface area (Å²) in [6.07, 6.45) is 1.75. The first-order valence-electron chi connectivity index (χ1n) is 10.6. The van der Waals surface area contributed by atoms with Gasteiger partial charge in [-0.3, -0.25) is 14.5 Å². The molecule has 1 amide bonds. The van der Waals surface area contributed by atoms with Gasteiger partial charge in [-0.2, -0.15) is 0 Å². The van der Waals surface area contributed by atoms with Crippen molar-refractivity contribution in [2.24, 2.45) is 10.9 Å². The predicted molar refractivity (Wildman–Crippen MR) is 121 cm³/mol. The van der Waals surface area contributed by atoms with Crippen LogP contribution in [0.25, 0.3) is 0 Å². The van der Waals surface area contributed by atoms with Crippen molar-refractivity contribution in [1.82, 2.24) is 15.0 Å². The molecule has 10 heteroatoms. The van der Waals surface area contributed by atoms with E-state index in [9.17, 15) is 13.2 Å². The SMILES string of the molecule is CC(C)C(N=C1NS(=O)(=O)c2ccccc21)C(=O)NCc1ccc(N2CCOCC2)nc1. The van der Waals surface area contributed by atoms with Gasteiger partial charge in [-0.15, -0.1) is 0 Å². The standard InChI is InChI=1S/C22H27N5O4S/c1-15(2)20(25-21-17-5-3-4-6-18(17)32(29,30)26-21)22(28)24-14-16-7-8-19(23-13-16)27-9-11-31-12-10-27/h3-8,13,15,20H,9-12,14H2,1-2H3,(H,24,28)(H,25,26). The molecule has 0 radical (unpaired) electrons. The third kappa shape index (κ3) is 4.76. The average molecular weight is 458 g/mol. The smallest absolute Gasteiger partial charge is 0.263 e. The van der Waals surface area contributed by atoms with Crippen LogP contribution in [0.4, 0.5) is 5.82 Å². The Morgan fingerprint density at radius 3 is 2.66 bits per heavy atom. The van der Waals surface area contributed by atoms with E-state index in [-0.39, 0.29) is 22.6 Å². The number of hydrogen-bond acceptors (Lipinski definition) is 7. The predicted octanol–water partition coefficient (Wildman–Crippen LogP) is 1.30. The lowest BCUT2D eigenvalue weighted by Crippen LogP contribution is -2.38. The third-order valence-electron chi connectivity index (χ3n) is 5.44. The van der Waals surface area contributed by atoms with Crippen LogP contribution in [0.2, 0.25) is 0 Å². The summed E-state index contributed by atoms with van der Waals surface area (Å²) in [6.45, 7) is 7.08. The molecule has 1 fully saturated rings. The van der Waals surface area contributed by atoms with Crippen molar-refractivity contribution < 1.29 is 17.9 Å². The highest BCUT2D eigenvalue weighted by Gasteiger charge is 2.32. The molecule has 0 spiro atoms. The molecule has 32 heavy (non-hydrogen) atoms. The van der Waals surface area contributed by atoms with Gasteiger partial charge in [0, 0.05) is 31.4 Å². The van der Waals surface area contributed by atoms with Crippen molar-refractivity contribution in [3.05, 3.63) is 53.7 Å². The fourth-order valence-corrected chi connectivity index (χ4v) is 4.91. The van der Waals surface area contributed by atoms with Crippen molar-refractivity contribution in [1.29, 1.82) is 0 Å². The minimum atomic E-state index is -3.65. The first-order valence-corrected chi connectivity index (χ1v) is 12.1. The van der Waals surface area contributed by atoms with E-state index in [2.05, 4.69) is 24.9 Å². The normalized spacial score (nSPS) is 19.5. The van der Waals surface area contributed by atoms with Gasteiger partial charge in [0.05, 0.1) is 18.1 Å². The Bertz CT molecular complexity index is 1110. The Labute approximate surface area is 188 Å². The van der Waals surface area contributed by atoms with Crippen molar-refractivity contribution in [3.63, 3.8) is 0 Å². The second-order valence-corrected chi connectivity index (χ2v) is 9.76. The second-order valence-electron chi connectivity index (χ2n) is 8.11. The van der Waals surface area contributed by atoms with Crippen LogP contribution in [-0.4, -0.2) is 57.5 Å². The number of aliphatic imine (C=N–C) groups is 1. The lowest BCUT2D eigenvalue weighted by Gasteiger charge is -2.27. The zero-order valence-electron chi connectivity index (χ0n) is 18.1. The number of nitrogens with zero attached hydrogens (tertiary/aromatic N) is 3. The number of hydrogen-bond donors (Lipinski definition) is 2.